The second-order valence-electron chi connectivity index (χ2n) is 6.94. The summed E-state index contributed by atoms with van der Waals surface area (Å²) in [6.07, 6.45) is 5.57. The summed E-state index contributed by atoms with van der Waals surface area (Å²) in [5, 5.41) is 0.779. The summed E-state index contributed by atoms with van der Waals surface area (Å²) in [7, 11) is 0. The van der Waals surface area contributed by atoms with Crippen molar-refractivity contribution in [3.63, 3.8) is 0 Å². The molecule has 0 aliphatic carbocycles. The van der Waals surface area contributed by atoms with Gasteiger partial charge in [-0.25, -0.2) is 14.4 Å². The van der Waals surface area contributed by atoms with E-state index in [2.05, 4.69) is 15.0 Å². The number of aromatic nitrogens is 4. The molecule has 1 aliphatic heterocycles. The lowest BCUT2D eigenvalue weighted by Gasteiger charge is -2.22. The van der Waals surface area contributed by atoms with Gasteiger partial charge in [0.15, 0.2) is 5.13 Å². The average Bonchev–Trinajstić information content (AvgIpc) is 3.45. The second-order valence-corrected chi connectivity index (χ2v) is 7.92. The largest absolute Gasteiger partial charge is 0.340 e. The van der Waals surface area contributed by atoms with Gasteiger partial charge in [-0.15, -0.1) is 0 Å². The molecule has 1 unspecified atom stereocenters. The van der Waals surface area contributed by atoms with Gasteiger partial charge in [-0.05, 0) is 50.1 Å². The zero-order chi connectivity index (χ0) is 19.3. The number of fused-ring (bicyclic) bond motifs is 1. The van der Waals surface area contributed by atoms with E-state index in [0.717, 1.165) is 23.7 Å². The molecule has 0 radical (unpaired) electrons. The third-order valence-corrected chi connectivity index (χ3v) is 6.26. The van der Waals surface area contributed by atoms with E-state index in [1.54, 1.807) is 6.07 Å². The number of hydrogen-bond acceptors (Lipinski definition) is 4. The fourth-order valence-electron chi connectivity index (χ4n) is 3.74. The number of amides is 1. The van der Waals surface area contributed by atoms with E-state index in [-0.39, 0.29) is 17.8 Å². The van der Waals surface area contributed by atoms with Crippen molar-refractivity contribution in [2.24, 2.45) is 0 Å². The number of halogens is 1. The third kappa shape index (κ3) is 2.80. The number of hydrogen-bond donors (Lipinski definition) is 1. The predicted octanol–water partition coefficient (Wildman–Crippen LogP) is 4.23. The van der Waals surface area contributed by atoms with Gasteiger partial charge in [-0.2, -0.15) is 0 Å². The maximum absolute atomic E-state index is 13.5. The quantitative estimate of drug-likeness (QED) is 0.564. The number of rotatable bonds is 3. The standard InChI is InChI=1S/C20H18FN5OS/c1-12-17(28-20(22-12)25-8-2-3-9-25)19(27)26-10-4-5-16(26)18-23-14-7-6-13(21)11-15(14)24-18/h2-3,6-9,11,16H,4-5,10H2,1H3,(H,23,24). The van der Waals surface area contributed by atoms with Gasteiger partial charge in [0.2, 0.25) is 0 Å². The van der Waals surface area contributed by atoms with Gasteiger partial charge in [0.1, 0.15) is 16.5 Å². The minimum absolute atomic E-state index is 0.0254. The number of benzene rings is 1. The van der Waals surface area contributed by atoms with Crippen molar-refractivity contribution in [3.05, 3.63) is 64.9 Å². The van der Waals surface area contributed by atoms with Crippen LogP contribution < -0.4 is 0 Å². The lowest BCUT2D eigenvalue weighted by atomic mass is 10.2. The van der Waals surface area contributed by atoms with E-state index in [9.17, 15) is 9.18 Å². The van der Waals surface area contributed by atoms with E-state index in [1.165, 1.54) is 23.5 Å². The summed E-state index contributed by atoms with van der Waals surface area (Å²) in [6.45, 7) is 2.54. The first-order chi connectivity index (χ1) is 13.6. The van der Waals surface area contributed by atoms with Crippen LogP contribution in [0.2, 0.25) is 0 Å². The molecule has 1 fully saturated rings. The second kappa shape index (κ2) is 6.56. The van der Waals surface area contributed by atoms with Crippen molar-refractivity contribution in [2.75, 3.05) is 6.54 Å². The van der Waals surface area contributed by atoms with Gasteiger partial charge in [-0.3, -0.25) is 4.79 Å². The summed E-state index contributed by atoms with van der Waals surface area (Å²) >= 11 is 1.40. The van der Waals surface area contributed by atoms with E-state index >= 15 is 0 Å². The van der Waals surface area contributed by atoms with Gasteiger partial charge < -0.3 is 14.5 Å². The highest BCUT2D eigenvalue weighted by molar-refractivity contribution is 7.16. The summed E-state index contributed by atoms with van der Waals surface area (Å²) in [5.74, 6) is 0.377. The number of aromatic amines is 1. The molecule has 142 valence electrons. The maximum atomic E-state index is 13.5. The van der Waals surface area contributed by atoms with Crippen LogP contribution in [0.4, 0.5) is 4.39 Å². The summed E-state index contributed by atoms with van der Waals surface area (Å²) in [4.78, 5) is 28.1. The van der Waals surface area contributed by atoms with Crippen molar-refractivity contribution in [1.82, 2.24) is 24.4 Å². The number of nitrogens with one attached hydrogen (secondary N) is 1. The van der Waals surface area contributed by atoms with Crippen LogP contribution in [-0.4, -0.2) is 36.9 Å². The Bertz CT molecular complexity index is 1160. The van der Waals surface area contributed by atoms with Crippen LogP contribution in [0.1, 0.15) is 40.1 Å². The molecule has 4 heterocycles. The monoisotopic (exact) mass is 395 g/mol. The van der Waals surface area contributed by atoms with Crippen LogP contribution in [0.5, 0.6) is 0 Å². The molecule has 5 rings (SSSR count). The van der Waals surface area contributed by atoms with Crippen LogP contribution >= 0.6 is 11.3 Å². The zero-order valence-electron chi connectivity index (χ0n) is 15.2. The highest BCUT2D eigenvalue weighted by atomic mass is 32.1. The number of imidazole rings is 1. The van der Waals surface area contributed by atoms with Crippen LogP contribution in [0, 0.1) is 12.7 Å². The SMILES string of the molecule is Cc1nc(-n2cccc2)sc1C(=O)N1CCCC1c1nc2ccc(F)cc2[nH]1. The lowest BCUT2D eigenvalue weighted by molar-refractivity contribution is 0.0734. The number of aryl methyl sites for hydroxylation is 1. The molecule has 4 aromatic rings. The van der Waals surface area contributed by atoms with Crippen molar-refractivity contribution >= 4 is 28.3 Å². The van der Waals surface area contributed by atoms with Crippen molar-refractivity contribution < 1.29 is 9.18 Å². The van der Waals surface area contributed by atoms with Crippen LogP contribution in [0.15, 0.2) is 42.7 Å². The zero-order valence-corrected chi connectivity index (χ0v) is 16.0. The molecule has 1 aliphatic rings. The molecule has 0 saturated carbocycles. The maximum Gasteiger partial charge on any atom is 0.266 e. The molecule has 0 spiro atoms. The molecule has 1 N–H and O–H groups in total. The first kappa shape index (κ1) is 17.1. The van der Waals surface area contributed by atoms with E-state index in [4.69, 9.17) is 0 Å². The van der Waals surface area contributed by atoms with Gasteiger partial charge in [0.25, 0.3) is 5.91 Å². The topological polar surface area (TPSA) is 66.8 Å². The molecular weight excluding hydrogens is 377 g/mol. The van der Waals surface area contributed by atoms with Gasteiger partial charge in [-0.1, -0.05) is 11.3 Å². The molecule has 6 nitrogen and oxygen atoms in total. The molecular formula is C20H18FN5OS. The van der Waals surface area contributed by atoms with Crippen molar-refractivity contribution in [2.45, 2.75) is 25.8 Å². The molecule has 1 aromatic carbocycles. The van der Waals surface area contributed by atoms with Gasteiger partial charge in [0.05, 0.1) is 22.8 Å². The van der Waals surface area contributed by atoms with E-state index in [0.29, 0.717) is 28.3 Å². The molecule has 8 heteroatoms. The minimum Gasteiger partial charge on any atom is -0.340 e. The molecule has 1 atom stereocenters. The lowest BCUT2D eigenvalue weighted by Crippen LogP contribution is -2.31. The number of H-pyrrole nitrogens is 1. The molecule has 0 bridgehead atoms. The fraction of sp³-hybridized carbons (Fsp3) is 0.250. The molecule has 1 amide bonds. The third-order valence-electron chi connectivity index (χ3n) is 5.10. The molecule has 28 heavy (non-hydrogen) atoms. The van der Waals surface area contributed by atoms with E-state index < -0.39 is 0 Å². The van der Waals surface area contributed by atoms with Crippen molar-refractivity contribution in [3.8, 4) is 5.13 Å². The highest BCUT2D eigenvalue weighted by Gasteiger charge is 2.34. The van der Waals surface area contributed by atoms with E-state index in [1.807, 2.05) is 40.9 Å². The Morgan fingerprint density at radius 3 is 2.93 bits per heavy atom. The molecule has 3 aromatic heterocycles. The highest BCUT2D eigenvalue weighted by Crippen LogP contribution is 2.34. The fourth-order valence-corrected chi connectivity index (χ4v) is 4.73. The summed E-state index contributed by atoms with van der Waals surface area (Å²) in [6, 6.07) is 8.21. The van der Waals surface area contributed by atoms with Gasteiger partial charge in [0, 0.05) is 18.9 Å². The Morgan fingerprint density at radius 1 is 1.29 bits per heavy atom. The number of nitrogens with zero attached hydrogens (tertiary/aromatic N) is 4. The number of likely N-dealkylation sites (tertiary alicyclic amines) is 1. The number of carbonyl (C=O) groups is 1. The Morgan fingerprint density at radius 2 is 2.11 bits per heavy atom. The first-order valence-electron chi connectivity index (χ1n) is 9.17. The number of thiazole rings is 1. The van der Waals surface area contributed by atoms with Crippen molar-refractivity contribution in [1.29, 1.82) is 0 Å². The van der Waals surface area contributed by atoms with Crippen LogP contribution in [0.25, 0.3) is 16.2 Å². The Labute approximate surface area is 164 Å². The first-order valence-corrected chi connectivity index (χ1v) is 9.99. The Hall–Kier alpha value is -3.00. The average molecular weight is 395 g/mol. The van der Waals surface area contributed by atoms with Crippen LogP contribution in [-0.2, 0) is 0 Å². The minimum atomic E-state index is -0.306. The predicted molar refractivity (Wildman–Crippen MR) is 105 cm³/mol. The van der Waals surface area contributed by atoms with Crippen LogP contribution in [0.3, 0.4) is 0 Å². The number of carbonyl (C=O) groups excluding carboxylic acids is 1. The smallest absolute Gasteiger partial charge is 0.266 e. The summed E-state index contributed by atoms with van der Waals surface area (Å²) < 4.78 is 15.4. The summed E-state index contributed by atoms with van der Waals surface area (Å²) in [5.41, 5.74) is 2.09. The van der Waals surface area contributed by atoms with Gasteiger partial charge >= 0.3 is 0 Å². The Balaban J connectivity index is 1.47. The molecule has 1 saturated heterocycles. The normalized spacial score (nSPS) is 16.9. The Kier molecular flexibility index (Phi) is 4.01.